The van der Waals surface area contributed by atoms with E-state index in [1.165, 1.54) is 43.9 Å². The average molecular weight is 500 g/mol. The van der Waals surface area contributed by atoms with Crippen LogP contribution in [0.25, 0.3) is 11.0 Å². The lowest BCUT2D eigenvalue weighted by atomic mass is 10.1. The van der Waals surface area contributed by atoms with Crippen molar-refractivity contribution in [3.05, 3.63) is 65.7 Å². The number of primary amides is 1. The van der Waals surface area contributed by atoms with Gasteiger partial charge in [0.05, 0.1) is 31.7 Å². The first kappa shape index (κ1) is 24.0. The summed E-state index contributed by atoms with van der Waals surface area (Å²) >= 11 is 0. The van der Waals surface area contributed by atoms with Gasteiger partial charge in [0.25, 0.3) is 5.91 Å². The van der Waals surface area contributed by atoms with Crippen LogP contribution in [-0.2, 0) is 18.2 Å². The molecule has 5 N–H and O–H groups in total. The van der Waals surface area contributed by atoms with Gasteiger partial charge in [-0.25, -0.2) is 14.5 Å². The maximum atomic E-state index is 12.9. The van der Waals surface area contributed by atoms with Gasteiger partial charge < -0.3 is 24.1 Å². The van der Waals surface area contributed by atoms with Crippen LogP contribution in [0.15, 0.2) is 48.9 Å². The highest BCUT2D eigenvalue weighted by atomic mass is 31.2. The number of imidazole rings is 2. The van der Waals surface area contributed by atoms with Crippen LogP contribution in [-0.4, -0.2) is 47.8 Å². The van der Waals surface area contributed by atoms with Crippen LogP contribution in [0.1, 0.15) is 26.4 Å². The molecule has 0 aliphatic carbocycles. The van der Waals surface area contributed by atoms with E-state index in [4.69, 9.17) is 20.3 Å². The number of anilines is 1. The number of rotatable bonds is 8. The lowest BCUT2D eigenvalue weighted by Gasteiger charge is -2.13. The summed E-state index contributed by atoms with van der Waals surface area (Å²) in [6.45, 7) is 0.181. The second-order valence-corrected chi connectivity index (χ2v) is 8.67. The number of aromatic nitrogens is 4. The summed E-state index contributed by atoms with van der Waals surface area (Å²) in [4.78, 5) is 51.1. The normalized spacial score (nSPS) is 11.4. The zero-order valence-electron chi connectivity index (χ0n) is 18.6. The Morgan fingerprint density at radius 3 is 2.49 bits per heavy atom. The summed E-state index contributed by atoms with van der Waals surface area (Å²) in [7, 11) is -1.59. The highest BCUT2D eigenvalue weighted by Crippen LogP contribution is 2.37. The summed E-state index contributed by atoms with van der Waals surface area (Å²) < 4.78 is 24.4. The predicted molar refractivity (Wildman–Crippen MR) is 124 cm³/mol. The Hall–Kier alpha value is -4.19. The first-order valence-electron chi connectivity index (χ1n) is 10.1. The third-order valence-corrected chi connectivity index (χ3v) is 5.52. The van der Waals surface area contributed by atoms with E-state index in [1.807, 2.05) is 0 Å². The lowest BCUT2D eigenvalue weighted by Crippen LogP contribution is -2.18. The molecule has 35 heavy (non-hydrogen) atoms. The molecular weight excluding hydrogens is 479 g/mol. The SMILES string of the molecule is COc1cc(C(N)=O)cc2nc(NC(=O)c3cncn3C)n(Cc3ccc(OP(=O)(O)O)cc3)c12. The minimum atomic E-state index is -4.69. The number of phosphoric ester groups is 1. The molecule has 0 spiro atoms. The first-order valence-corrected chi connectivity index (χ1v) is 11.6. The number of nitrogens with two attached hydrogens (primary N) is 1. The van der Waals surface area contributed by atoms with Gasteiger partial charge in [-0.2, -0.15) is 0 Å². The van der Waals surface area contributed by atoms with Gasteiger partial charge in [0.15, 0.2) is 0 Å². The predicted octanol–water partition coefficient (Wildman–Crippen LogP) is 1.65. The van der Waals surface area contributed by atoms with Gasteiger partial charge in [-0.05, 0) is 29.8 Å². The van der Waals surface area contributed by atoms with Gasteiger partial charge in [-0.15, -0.1) is 0 Å². The third kappa shape index (κ3) is 5.17. The summed E-state index contributed by atoms with van der Waals surface area (Å²) in [5.41, 5.74) is 7.47. The van der Waals surface area contributed by atoms with Crippen molar-refractivity contribution in [2.45, 2.75) is 6.54 Å². The molecule has 0 fully saturated rings. The largest absolute Gasteiger partial charge is 0.524 e. The van der Waals surface area contributed by atoms with Crippen molar-refractivity contribution >= 4 is 36.6 Å². The molecule has 14 heteroatoms. The molecule has 2 aromatic heterocycles. The van der Waals surface area contributed by atoms with Crippen LogP contribution in [0.2, 0.25) is 0 Å². The maximum Gasteiger partial charge on any atom is 0.524 e. The van der Waals surface area contributed by atoms with Crippen LogP contribution >= 0.6 is 7.82 Å². The van der Waals surface area contributed by atoms with E-state index in [1.54, 1.807) is 28.3 Å². The van der Waals surface area contributed by atoms with Crippen LogP contribution in [0.4, 0.5) is 5.95 Å². The molecule has 0 saturated heterocycles. The Morgan fingerprint density at radius 2 is 1.91 bits per heavy atom. The number of hydrogen-bond donors (Lipinski definition) is 4. The summed E-state index contributed by atoms with van der Waals surface area (Å²) in [5, 5.41) is 2.76. The molecule has 0 aliphatic heterocycles. The number of hydrogen-bond acceptors (Lipinski definition) is 7. The molecule has 2 aromatic carbocycles. The highest BCUT2D eigenvalue weighted by molar-refractivity contribution is 7.46. The molecule has 0 unspecified atom stereocenters. The number of phosphoric acid groups is 1. The second kappa shape index (κ2) is 9.22. The third-order valence-electron chi connectivity index (χ3n) is 5.07. The molecule has 0 saturated carbocycles. The molecule has 4 rings (SSSR count). The second-order valence-electron chi connectivity index (χ2n) is 7.50. The van der Waals surface area contributed by atoms with E-state index in [-0.39, 0.29) is 23.8 Å². The first-order chi connectivity index (χ1) is 16.6. The minimum absolute atomic E-state index is 0.00835. The van der Waals surface area contributed by atoms with Crippen LogP contribution in [0, 0.1) is 0 Å². The van der Waals surface area contributed by atoms with Crippen molar-refractivity contribution in [3.8, 4) is 11.5 Å². The number of aryl methyl sites for hydroxylation is 1. The monoisotopic (exact) mass is 500 g/mol. The van der Waals surface area contributed by atoms with Gasteiger partial charge in [0.2, 0.25) is 11.9 Å². The average Bonchev–Trinajstić information content (AvgIpc) is 3.36. The Balaban J connectivity index is 1.79. The summed E-state index contributed by atoms with van der Waals surface area (Å²) in [6.07, 6.45) is 2.90. The van der Waals surface area contributed by atoms with Crippen molar-refractivity contribution in [1.29, 1.82) is 0 Å². The van der Waals surface area contributed by atoms with Crippen LogP contribution < -0.4 is 20.3 Å². The molecule has 0 aliphatic rings. The highest BCUT2D eigenvalue weighted by Gasteiger charge is 2.21. The Labute approximate surface area is 198 Å². The smallest absolute Gasteiger partial charge is 0.494 e. The van der Waals surface area contributed by atoms with E-state index in [9.17, 15) is 14.2 Å². The Morgan fingerprint density at radius 1 is 1.20 bits per heavy atom. The molecule has 0 bridgehead atoms. The van der Waals surface area contributed by atoms with Crippen molar-refractivity contribution in [2.75, 3.05) is 12.4 Å². The van der Waals surface area contributed by atoms with E-state index < -0.39 is 19.6 Å². The topological polar surface area (TPSA) is 184 Å². The molecule has 4 aromatic rings. The fraction of sp³-hybridized carbons (Fsp3) is 0.143. The Bertz CT molecular complexity index is 1470. The quantitative estimate of drug-likeness (QED) is 0.261. The molecule has 0 atom stereocenters. The van der Waals surface area contributed by atoms with E-state index in [2.05, 4.69) is 19.8 Å². The zero-order chi connectivity index (χ0) is 25.3. The number of ether oxygens (including phenoxy) is 1. The van der Waals surface area contributed by atoms with E-state index >= 15 is 0 Å². The number of nitrogens with one attached hydrogen (secondary N) is 1. The number of fused-ring (bicyclic) bond motifs is 1. The number of methoxy groups -OCH3 is 1. The van der Waals surface area contributed by atoms with E-state index in [0.29, 0.717) is 28.0 Å². The number of nitrogens with zero attached hydrogens (tertiary/aromatic N) is 4. The Kier molecular flexibility index (Phi) is 6.31. The molecule has 0 radical (unpaired) electrons. The number of carbonyl (C=O) groups excluding carboxylic acids is 2. The molecule has 2 heterocycles. The van der Waals surface area contributed by atoms with Crippen molar-refractivity contribution < 1.29 is 33.2 Å². The molecule has 2 amide bonds. The fourth-order valence-electron chi connectivity index (χ4n) is 3.49. The molecule has 13 nitrogen and oxygen atoms in total. The fourth-order valence-corrected chi connectivity index (χ4v) is 3.89. The zero-order valence-corrected chi connectivity index (χ0v) is 19.5. The lowest BCUT2D eigenvalue weighted by molar-refractivity contribution is 0.0996. The van der Waals surface area contributed by atoms with Gasteiger partial charge in [0, 0.05) is 12.6 Å². The van der Waals surface area contributed by atoms with Crippen LogP contribution in [0.5, 0.6) is 11.5 Å². The van der Waals surface area contributed by atoms with Crippen LogP contribution in [0.3, 0.4) is 0 Å². The molecular formula is C21H21N6O7P. The number of benzene rings is 2. The summed E-state index contributed by atoms with van der Waals surface area (Å²) in [6, 6.07) is 9.00. The van der Waals surface area contributed by atoms with E-state index in [0.717, 1.165) is 0 Å². The maximum absolute atomic E-state index is 12.9. The van der Waals surface area contributed by atoms with Gasteiger partial charge in [0.1, 0.15) is 22.7 Å². The standard InChI is InChI=1S/C21H21N6O7P/c1-26-11-23-9-16(26)20(29)25-21-24-15-7-13(19(22)28)8-17(33-2)18(15)27(21)10-12-3-5-14(6-4-12)34-35(30,31)32/h3-9,11H,10H2,1-2H3,(H2,22,28)(H,24,25,29)(H2,30,31,32). The van der Waals surface area contributed by atoms with Crippen molar-refractivity contribution in [3.63, 3.8) is 0 Å². The van der Waals surface area contributed by atoms with Gasteiger partial charge >= 0.3 is 7.82 Å². The molecule has 182 valence electrons. The van der Waals surface area contributed by atoms with Crippen molar-refractivity contribution in [1.82, 2.24) is 19.1 Å². The van der Waals surface area contributed by atoms with Gasteiger partial charge in [-0.1, -0.05) is 12.1 Å². The number of carbonyl (C=O) groups is 2. The minimum Gasteiger partial charge on any atom is -0.494 e. The van der Waals surface area contributed by atoms with Gasteiger partial charge in [-0.3, -0.25) is 24.7 Å². The number of amides is 2. The van der Waals surface area contributed by atoms with Crippen molar-refractivity contribution in [2.24, 2.45) is 12.8 Å². The summed E-state index contributed by atoms with van der Waals surface area (Å²) in [5.74, 6) is -0.652.